The molecule has 0 aliphatic heterocycles. The molecule has 0 spiro atoms. The molecule has 2 heterocycles. The lowest BCUT2D eigenvalue weighted by atomic mass is 9.67. The normalized spacial score (nSPS) is 13.2. The lowest BCUT2D eigenvalue weighted by Crippen LogP contribution is -2.28. The van der Waals surface area contributed by atoms with Crippen LogP contribution < -0.4 is 4.90 Å². The standard InChI is InChI=1S/C49H31NOS/c1-3-14-32(15-4-1)49(42-22-10-7-18-36(42)37-19-8-11-23-43(37)49)33-26-29-47-41(30-33)40-21-13-24-44(48(40)52-47)50(34-16-5-2-6-17-34)35-27-28-39-38-20-9-12-25-45(38)51-46(39)31-35/h1-31H. The summed E-state index contributed by atoms with van der Waals surface area (Å²) in [5, 5.41) is 4.80. The van der Waals surface area contributed by atoms with E-state index < -0.39 is 5.41 Å². The van der Waals surface area contributed by atoms with Gasteiger partial charge in [0.25, 0.3) is 0 Å². The molecule has 0 saturated heterocycles. The SMILES string of the molecule is c1ccc(N(c2ccc3c(c2)oc2ccccc23)c2cccc3c2sc2ccc(C4(c5ccccc5)c5ccccc5-c5ccccc54)cc23)cc1. The van der Waals surface area contributed by atoms with Crippen molar-refractivity contribution in [2.24, 2.45) is 0 Å². The number of thiophene rings is 1. The van der Waals surface area contributed by atoms with E-state index in [4.69, 9.17) is 4.42 Å². The van der Waals surface area contributed by atoms with E-state index in [-0.39, 0.29) is 0 Å². The second-order valence-corrected chi connectivity index (χ2v) is 14.7. The Morgan fingerprint density at radius 2 is 1.08 bits per heavy atom. The highest BCUT2D eigenvalue weighted by Gasteiger charge is 2.46. The summed E-state index contributed by atoms with van der Waals surface area (Å²) in [6.45, 7) is 0. The summed E-state index contributed by atoms with van der Waals surface area (Å²) in [6.07, 6.45) is 0. The maximum absolute atomic E-state index is 6.38. The third kappa shape index (κ3) is 4.11. The van der Waals surface area contributed by atoms with Crippen LogP contribution in [-0.4, -0.2) is 0 Å². The Bertz CT molecular complexity index is 2930. The van der Waals surface area contributed by atoms with Gasteiger partial charge in [-0.3, -0.25) is 0 Å². The summed E-state index contributed by atoms with van der Waals surface area (Å²) in [7, 11) is 0. The first kappa shape index (κ1) is 29.3. The molecule has 52 heavy (non-hydrogen) atoms. The molecule has 244 valence electrons. The minimum atomic E-state index is -0.438. The molecule has 0 radical (unpaired) electrons. The van der Waals surface area contributed by atoms with Crippen LogP contribution in [0.25, 0.3) is 53.2 Å². The number of hydrogen-bond donors (Lipinski definition) is 0. The lowest BCUT2D eigenvalue weighted by molar-refractivity contribution is 0.669. The van der Waals surface area contributed by atoms with Crippen molar-refractivity contribution in [1.29, 1.82) is 0 Å². The molecule has 3 heteroatoms. The third-order valence-electron chi connectivity index (χ3n) is 10.9. The molecular formula is C49H31NOS. The molecule has 2 aromatic heterocycles. The second kappa shape index (κ2) is 11.3. The number of anilines is 3. The van der Waals surface area contributed by atoms with Crippen LogP contribution in [0.15, 0.2) is 192 Å². The molecule has 8 aromatic carbocycles. The van der Waals surface area contributed by atoms with Crippen molar-refractivity contribution in [2.45, 2.75) is 5.41 Å². The molecular weight excluding hydrogens is 651 g/mol. The Morgan fingerprint density at radius 3 is 1.87 bits per heavy atom. The zero-order valence-electron chi connectivity index (χ0n) is 28.2. The van der Waals surface area contributed by atoms with E-state index in [0.717, 1.165) is 39.0 Å². The molecule has 0 N–H and O–H groups in total. The maximum atomic E-state index is 6.38. The molecule has 1 aliphatic rings. The van der Waals surface area contributed by atoms with Gasteiger partial charge in [-0.15, -0.1) is 11.3 Å². The Labute approximate surface area is 305 Å². The third-order valence-corrected chi connectivity index (χ3v) is 12.2. The van der Waals surface area contributed by atoms with Crippen LogP contribution in [0.4, 0.5) is 17.1 Å². The van der Waals surface area contributed by atoms with Crippen LogP contribution in [0.1, 0.15) is 22.3 Å². The number of nitrogens with zero attached hydrogens (tertiary/aromatic N) is 1. The number of fused-ring (bicyclic) bond motifs is 9. The summed E-state index contributed by atoms with van der Waals surface area (Å²) in [5.41, 5.74) is 12.5. The highest BCUT2D eigenvalue weighted by molar-refractivity contribution is 7.26. The molecule has 0 fully saturated rings. The molecule has 11 rings (SSSR count). The smallest absolute Gasteiger partial charge is 0.137 e. The van der Waals surface area contributed by atoms with Crippen molar-refractivity contribution < 1.29 is 4.42 Å². The molecule has 0 unspecified atom stereocenters. The van der Waals surface area contributed by atoms with Crippen molar-refractivity contribution in [1.82, 2.24) is 0 Å². The van der Waals surface area contributed by atoms with Crippen LogP contribution in [-0.2, 0) is 5.41 Å². The van der Waals surface area contributed by atoms with E-state index in [9.17, 15) is 0 Å². The Hall–Kier alpha value is -6.42. The Morgan fingerprint density at radius 1 is 0.423 bits per heavy atom. The number of benzene rings is 8. The van der Waals surface area contributed by atoms with E-state index in [1.54, 1.807) is 0 Å². The fraction of sp³-hybridized carbons (Fsp3) is 0.0204. The fourth-order valence-electron chi connectivity index (χ4n) is 8.76. The number of para-hydroxylation sites is 2. The van der Waals surface area contributed by atoms with Gasteiger partial charge in [-0.25, -0.2) is 0 Å². The monoisotopic (exact) mass is 681 g/mol. The van der Waals surface area contributed by atoms with E-state index in [1.807, 2.05) is 23.5 Å². The number of rotatable bonds is 5. The van der Waals surface area contributed by atoms with Gasteiger partial charge < -0.3 is 9.32 Å². The van der Waals surface area contributed by atoms with Crippen molar-refractivity contribution in [3.8, 4) is 11.1 Å². The zero-order valence-corrected chi connectivity index (χ0v) is 29.0. The molecule has 0 atom stereocenters. The average molecular weight is 682 g/mol. The van der Waals surface area contributed by atoms with Crippen LogP contribution in [0.2, 0.25) is 0 Å². The average Bonchev–Trinajstić information content (AvgIpc) is 3.87. The van der Waals surface area contributed by atoms with Gasteiger partial charge in [-0.05, 0) is 81.9 Å². The zero-order chi connectivity index (χ0) is 34.2. The second-order valence-electron chi connectivity index (χ2n) is 13.6. The lowest BCUT2D eigenvalue weighted by Gasteiger charge is -2.34. The molecule has 1 aliphatic carbocycles. The van der Waals surface area contributed by atoms with Crippen LogP contribution in [0.5, 0.6) is 0 Å². The van der Waals surface area contributed by atoms with Crippen LogP contribution in [0, 0.1) is 0 Å². The molecule has 10 aromatic rings. The summed E-state index contributed by atoms with van der Waals surface area (Å²) < 4.78 is 8.91. The summed E-state index contributed by atoms with van der Waals surface area (Å²) in [6, 6.07) is 68.5. The van der Waals surface area contributed by atoms with Gasteiger partial charge >= 0.3 is 0 Å². The van der Waals surface area contributed by atoms with Gasteiger partial charge in [-0.1, -0.05) is 133 Å². The highest BCUT2D eigenvalue weighted by Crippen LogP contribution is 2.57. The predicted octanol–water partition coefficient (Wildman–Crippen LogP) is 13.8. The van der Waals surface area contributed by atoms with Gasteiger partial charge in [0.1, 0.15) is 11.2 Å². The number of hydrogen-bond acceptors (Lipinski definition) is 3. The Kier molecular flexibility index (Phi) is 6.37. The topological polar surface area (TPSA) is 16.4 Å². The first-order chi connectivity index (χ1) is 25.8. The van der Waals surface area contributed by atoms with Crippen molar-refractivity contribution in [3.63, 3.8) is 0 Å². The summed E-state index contributed by atoms with van der Waals surface area (Å²) >= 11 is 1.87. The van der Waals surface area contributed by atoms with Crippen molar-refractivity contribution in [3.05, 3.63) is 210 Å². The molecule has 0 bridgehead atoms. The first-order valence-electron chi connectivity index (χ1n) is 17.8. The first-order valence-corrected chi connectivity index (χ1v) is 18.6. The maximum Gasteiger partial charge on any atom is 0.137 e. The minimum Gasteiger partial charge on any atom is -0.456 e. The van der Waals surface area contributed by atoms with E-state index >= 15 is 0 Å². The summed E-state index contributed by atoms with van der Waals surface area (Å²) in [5.74, 6) is 0. The predicted molar refractivity (Wildman–Crippen MR) is 219 cm³/mol. The number of furan rings is 1. The molecule has 0 saturated carbocycles. The van der Waals surface area contributed by atoms with Gasteiger partial charge in [-0.2, -0.15) is 0 Å². The minimum absolute atomic E-state index is 0.438. The molecule has 2 nitrogen and oxygen atoms in total. The van der Waals surface area contributed by atoms with Gasteiger partial charge in [0.15, 0.2) is 0 Å². The quantitative estimate of drug-likeness (QED) is 0.180. The largest absolute Gasteiger partial charge is 0.456 e. The molecule has 0 amide bonds. The summed E-state index contributed by atoms with van der Waals surface area (Å²) in [4.78, 5) is 2.38. The fourth-order valence-corrected chi connectivity index (χ4v) is 9.95. The van der Waals surface area contributed by atoms with E-state index in [2.05, 4.69) is 181 Å². The van der Waals surface area contributed by atoms with Gasteiger partial charge in [0.2, 0.25) is 0 Å². The van der Waals surface area contributed by atoms with Gasteiger partial charge in [0, 0.05) is 43.7 Å². The Balaban J connectivity index is 1.15. The highest BCUT2D eigenvalue weighted by atomic mass is 32.1. The van der Waals surface area contributed by atoms with E-state index in [0.29, 0.717) is 0 Å². The van der Waals surface area contributed by atoms with Crippen LogP contribution in [0.3, 0.4) is 0 Å². The van der Waals surface area contributed by atoms with Crippen LogP contribution >= 0.6 is 11.3 Å². The van der Waals surface area contributed by atoms with Crippen molar-refractivity contribution >= 4 is 70.5 Å². The van der Waals surface area contributed by atoms with Gasteiger partial charge in [0.05, 0.1) is 15.8 Å². The van der Waals surface area contributed by atoms with Crippen molar-refractivity contribution in [2.75, 3.05) is 4.90 Å². The van der Waals surface area contributed by atoms with E-state index in [1.165, 1.54) is 53.6 Å².